The fraction of sp³-hybridized carbons (Fsp3) is 0.138. The highest BCUT2D eigenvalue weighted by Gasteiger charge is 2.29. The lowest BCUT2D eigenvalue weighted by molar-refractivity contribution is 0.0940. The lowest BCUT2D eigenvalue weighted by atomic mass is 10.1. The molecule has 4 aromatic rings. The number of sulfonamides is 1. The van der Waals surface area contributed by atoms with Crippen molar-refractivity contribution in [1.29, 1.82) is 0 Å². The van der Waals surface area contributed by atoms with Gasteiger partial charge in [-0.2, -0.15) is 0 Å². The number of rotatable bonds is 8. The minimum atomic E-state index is -4.04. The molecule has 1 atom stereocenters. The summed E-state index contributed by atoms with van der Waals surface area (Å²) < 4.78 is 42.4. The van der Waals surface area contributed by atoms with E-state index in [0.717, 1.165) is 11.1 Å². The van der Waals surface area contributed by atoms with E-state index in [-0.39, 0.29) is 28.5 Å². The number of halogens is 2. The minimum Gasteiger partial charge on any atom is -0.345 e. The number of hydrogen-bond donors (Lipinski definition) is 1. The van der Waals surface area contributed by atoms with Crippen molar-refractivity contribution < 1.29 is 17.6 Å². The number of nitrogens with one attached hydrogen (secondary N) is 1. The predicted octanol–water partition coefficient (Wildman–Crippen LogP) is 6.67. The molecule has 0 aromatic heterocycles. The molecule has 0 bridgehead atoms. The molecule has 8 heteroatoms. The van der Waals surface area contributed by atoms with E-state index in [1.54, 1.807) is 91.9 Å². The molecule has 0 radical (unpaired) electrons. The van der Waals surface area contributed by atoms with Crippen LogP contribution >= 0.6 is 11.6 Å². The van der Waals surface area contributed by atoms with Gasteiger partial charge < -0.3 is 5.32 Å². The highest BCUT2D eigenvalue weighted by Crippen LogP contribution is 2.30. The number of anilines is 1. The normalized spacial score (nSPS) is 12.1. The zero-order chi connectivity index (χ0) is 26.6. The third-order valence-corrected chi connectivity index (χ3v) is 8.01. The second-order valence-electron chi connectivity index (χ2n) is 8.72. The number of nitrogens with zero attached hydrogens (tertiary/aromatic N) is 1. The minimum absolute atomic E-state index is 0.00874. The first kappa shape index (κ1) is 26.4. The monoisotopic (exact) mass is 536 g/mol. The fourth-order valence-corrected chi connectivity index (χ4v) is 5.48. The van der Waals surface area contributed by atoms with Gasteiger partial charge in [-0.15, -0.1) is 0 Å². The van der Waals surface area contributed by atoms with E-state index >= 15 is 0 Å². The quantitative estimate of drug-likeness (QED) is 0.273. The smallest absolute Gasteiger partial charge is 0.264 e. The van der Waals surface area contributed by atoms with Crippen LogP contribution in [0.3, 0.4) is 0 Å². The second-order valence-corrected chi connectivity index (χ2v) is 11.0. The Morgan fingerprint density at radius 1 is 0.919 bits per heavy atom. The Morgan fingerprint density at radius 3 is 2.19 bits per heavy atom. The van der Waals surface area contributed by atoms with E-state index < -0.39 is 22.0 Å². The topological polar surface area (TPSA) is 66.5 Å². The van der Waals surface area contributed by atoms with Crippen molar-refractivity contribution in [2.75, 3.05) is 4.31 Å². The Labute approximate surface area is 221 Å². The van der Waals surface area contributed by atoms with Crippen LogP contribution in [0.2, 0.25) is 5.02 Å². The van der Waals surface area contributed by atoms with Crippen LogP contribution in [-0.4, -0.2) is 14.3 Å². The van der Waals surface area contributed by atoms with Gasteiger partial charge in [-0.1, -0.05) is 65.7 Å². The summed E-state index contributed by atoms with van der Waals surface area (Å²) >= 11 is 6.03. The lowest BCUT2D eigenvalue weighted by Gasteiger charge is -2.27. The maximum absolute atomic E-state index is 13.9. The summed E-state index contributed by atoms with van der Waals surface area (Å²) in [6.07, 6.45) is 0. The van der Waals surface area contributed by atoms with E-state index in [1.807, 2.05) is 6.92 Å². The molecule has 1 amide bonds. The fourth-order valence-electron chi connectivity index (χ4n) is 3.89. The largest absolute Gasteiger partial charge is 0.345 e. The highest BCUT2D eigenvalue weighted by molar-refractivity contribution is 7.92. The summed E-state index contributed by atoms with van der Waals surface area (Å²) in [4.78, 5) is 13.5. The van der Waals surface area contributed by atoms with Gasteiger partial charge >= 0.3 is 0 Å². The lowest BCUT2D eigenvalue weighted by Crippen LogP contribution is -2.34. The average molecular weight is 537 g/mol. The zero-order valence-electron chi connectivity index (χ0n) is 20.4. The number of para-hydroxylation sites is 1. The molecule has 0 aliphatic carbocycles. The summed E-state index contributed by atoms with van der Waals surface area (Å²) in [5.74, 6) is -0.820. The Hall–Kier alpha value is -3.68. The first-order chi connectivity index (χ1) is 17.6. The highest BCUT2D eigenvalue weighted by atomic mass is 35.5. The Balaban J connectivity index is 1.74. The molecule has 0 aliphatic rings. The first-order valence-electron chi connectivity index (χ1n) is 11.6. The molecular formula is C29H26ClFN2O3S. The van der Waals surface area contributed by atoms with Gasteiger partial charge in [0, 0.05) is 5.02 Å². The van der Waals surface area contributed by atoms with Crippen LogP contribution in [0.1, 0.15) is 40.0 Å². The van der Waals surface area contributed by atoms with Crippen molar-refractivity contribution in [2.24, 2.45) is 0 Å². The van der Waals surface area contributed by atoms with Crippen LogP contribution in [0.4, 0.5) is 10.1 Å². The summed E-state index contributed by atoms with van der Waals surface area (Å²) in [7, 11) is -4.04. The van der Waals surface area contributed by atoms with Crippen molar-refractivity contribution in [2.45, 2.75) is 31.3 Å². The molecule has 37 heavy (non-hydrogen) atoms. The summed E-state index contributed by atoms with van der Waals surface area (Å²) in [6, 6.07) is 25.4. The number of aryl methyl sites for hydroxylation is 1. The van der Waals surface area contributed by atoms with Gasteiger partial charge in [-0.05, 0) is 73.5 Å². The second kappa shape index (κ2) is 11.2. The summed E-state index contributed by atoms with van der Waals surface area (Å²) in [5, 5.41) is 3.43. The van der Waals surface area contributed by atoms with E-state index in [0.29, 0.717) is 10.6 Å². The van der Waals surface area contributed by atoms with E-state index in [4.69, 9.17) is 11.6 Å². The number of benzene rings is 4. The first-order valence-corrected chi connectivity index (χ1v) is 13.5. The van der Waals surface area contributed by atoms with E-state index in [2.05, 4.69) is 5.32 Å². The maximum atomic E-state index is 13.9. The van der Waals surface area contributed by atoms with Gasteiger partial charge in [0.25, 0.3) is 15.9 Å². The molecule has 5 nitrogen and oxygen atoms in total. The number of carbonyl (C=O) groups is 1. The van der Waals surface area contributed by atoms with Crippen molar-refractivity contribution in [1.82, 2.24) is 5.32 Å². The van der Waals surface area contributed by atoms with Crippen LogP contribution in [0.25, 0.3) is 0 Å². The van der Waals surface area contributed by atoms with Crippen LogP contribution < -0.4 is 9.62 Å². The molecule has 0 unspecified atom stereocenters. The molecule has 0 saturated heterocycles. The molecule has 0 saturated carbocycles. The predicted molar refractivity (Wildman–Crippen MR) is 145 cm³/mol. The Kier molecular flexibility index (Phi) is 7.95. The molecule has 190 valence electrons. The van der Waals surface area contributed by atoms with Gasteiger partial charge in [0.15, 0.2) is 0 Å². The molecule has 0 fully saturated rings. The van der Waals surface area contributed by atoms with Crippen molar-refractivity contribution >= 4 is 33.2 Å². The third-order valence-electron chi connectivity index (χ3n) is 5.98. The SMILES string of the molecule is Cc1ccc(S(=O)(=O)N(Cc2ccc(Cl)cc2)c2ccccc2C(=O)N[C@H](C)c2ccc(F)cc2)cc1. The van der Waals surface area contributed by atoms with Gasteiger partial charge in [0.05, 0.1) is 28.7 Å². The van der Waals surface area contributed by atoms with Crippen LogP contribution in [0, 0.1) is 12.7 Å². The van der Waals surface area contributed by atoms with E-state index in [9.17, 15) is 17.6 Å². The molecule has 1 N–H and O–H groups in total. The van der Waals surface area contributed by atoms with Crippen molar-refractivity contribution in [3.63, 3.8) is 0 Å². The number of carbonyl (C=O) groups excluding carboxylic acids is 1. The van der Waals surface area contributed by atoms with Crippen molar-refractivity contribution in [3.05, 3.63) is 130 Å². The zero-order valence-corrected chi connectivity index (χ0v) is 21.9. The van der Waals surface area contributed by atoms with Gasteiger partial charge in [-0.3, -0.25) is 9.10 Å². The Morgan fingerprint density at radius 2 is 1.54 bits per heavy atom. The molecular weight excluding hydrogens is 511 g/mol. The van der Waals surface area contributed by atoms with Gasteiger partial charge in [0.2, 0.25) is 0 Å². The van der Waals surface area contributed by atoms with Crippen LogP contribution in [0.5, 0.6) is 0 Å². The maximum Gasteiger partial charge on any atom is 0.264 e. The standard InChI is InChI=1S/C29H26ClFN2O3S/c1-20-7-17-26(18-8-20)37(35,36)33(19-22-9-13-24(30)14-10-22)28-6-4-3-5-27(28)29(34)32-21(2)23-11-15-25(31)16-12-23/h3-18,21H,19H2,1-2H3,(H,32,34)/t21-/m1/s1. The summed E-state index contributed by atoms with van der Waals surface area (Å²) in [6.45, 7) is 3.65. The Bertz CT molecular complexity index is 1490. The molecule has 0 heterocycles. The van der Waals surface area contributed by atoms with Crippen LogP contribution in [-0.2, 0) is 16.6 Å². The van der Waals surface area contributed by atoms with Crippen molar-refractivity contribution in [3.8, 4) is 0 Å². The van der Waals surface area contributed by atoms with Gasteiger partial charge in [-0.25, -0.2) is 12.8 Å². The summed E-state index contributed by atoms with van der Waals surface area (Å²) in [5.41, 5.74) is 2.79. The third kappa shape index (κ3) is 6.18. The number of amides is 1. The van der Waals surface area contributed by atoms with Crippen LogP contribution in [0.15, 0.2) is 102 Å². The van der Waals surface area contributed by atoms with E-state index in [1.165, 1.54) is 16.4 Å². The number of hydrogen-bond acceptors (Lipinski definition) is 3. The molecule has 0 spiro atoms. The molecule has 4 aromatic carbocycles. The average Bonchev–Trinajstić information content (AvgIpc) is 2.89. The molecule has 4 rings (SSSR count). The van der Waals surface area contributed by atoms with Gasteiger partial charge in [0.1, 0.15) is 5.82 Å². The molecule has 0 aliphatic heterocycles.